The summed E-state index contributed by atoms with van der Waals surface area (Å²) in [5.41, 5.74) is 12.3. The van der Waals surface area contributed by atoms with Crippen LogP contribution in [0.1, 0.15) is 33.4 Å². The SMILES string of the molecule is C1=Cc2ccc(-c3nc(-c4ccccc4)nc(-c4ccccc4)n3)cc2C2(c3ccccc31)c1ccccc1-c1cc3ccccc3cc12. The minimum atomic E-state index is -0.557. The van der Waals surface area contributed by atoms with Gasteiger partial charge < -0.3 is 0 Å². The summed E-state index contributed by atoms with van der Waals surface area (Å²) in [6, 6.07) is 58.4. The Morgan fingerprint density at radius 1 is 0.327 bits per heavy atom. The molecule has 0 aliphatic heterocycles. The fourth-order valence-corrected chi connectivity index (χ4v) is 7.96. The normalized spacial score (nSPS) is 15.3. The summed E-state index contributed by atoms with van der Waals surface area (Å²) >= 11 is 0. The van der Waals surface area contributed by atoms with Gasteiger partial charge in [-0.05, 0) is 73.5 Å². The van der Waals surface area contributed by atoms with Crippen LogP contribution in [-0.4, -0.2) is 15.0 Å². The number of rotatable bonds is 3. The van der Waals surface area contributed by atoms with Crippen molar-refractivity contribution in [3.8, 4) is 45.3 Å². The molecule has 0 N–H and O–H groups in total. The van der Waals surface area contributed by atoms with Crippen LogP contribution in [0.3, 0.4) is 0 Å². The lowest BCUT2D eigenvalue weighted by Gasteiger charge is -2.35. The van der Waals surface area contributed by atoms with Gasteiger partial charge in [0.1, 0.15) is 0 Å². The van der Waals surface area contributed by atoms with E-state index in [9.17, 15) is 0 Å². The minimum absolute atomic E-state index is 0.557. The Bertz CT molecular complexity index is 2550. The second-order valence-corrected chi connectivity index (χ2v) is 12.8. The summed E-state index contributed by atoms with van der Waals surface area (Å²) in [5, 5.41) is 2.48. The molecule has 0 bridgehead atoms. The van der Waals surface area contributed by atoms with Gasteiger partial charge in [-0.3, -0.25) is 0 Å². The van der Waals surface area contributed by atoms with E-state index in [2.05, 4.69) is 140 Å². The highest BCUT2D eigenvalue weighted by molar-refractivity contribution is 5.98. The van der Waals surface area contributed by atoms with Gasteiger partial charge in [-0.1, -0.05) is 158 Å². The lowest BCUT2D eigenvalue weighted by molar-refractivity contribution is 0.767. The van der Waals surface area contributed by atoms with Crippen molar-refractivity contribution in [3.05, 3.63) is 197 Å². The van der Waals surface area contributed by atoms with Crippen molar-refractivity contribution in [1.29, 1.82) is 0 Å². The predicted octanol–water partition coefficient (Wildman–Crippen LogP) is 10.9. The van der Waals surface area contributed by atoms with Gasteiger partial charge in [-0.25, -0.2) is 15.0 Å². The van der Waals surface area contributed by atoms with Crippen LogP contribution in [0.4, 0.5) is 0 Å². The molecular weight excluding hydrogens is 595 g/mol. The van der Waals surface area contributed by atoms with Crippen molar-refractivity contribution in [3.63, 3.8) is 0 Å². The Morgan fingerprint density at radius 3 is 1.55 bits per heavy atom. The minimum Gasteiger partial charge on any atom is -0.208 e. The van der Waals surface area contributed by atoms with E-state index in [1.54, 1.807) is 0 Å². The first kappa shape index (κ1) is 27.6. The first-order valence-electron chi connectivity index (χ1n) is 16.7. The summed E-state index contributed by atoms with van der Waals surface area (Å²) in [7, 11) is 0. The van der Waals surface area contributed by atoms with Crippen LogP contribution in [0.5, 0.6) is 0 Å². The number of aromatic nitrogens is 3. The van der Waals surface area contributed by atoms with Gasteiger partial charge in [0.2, 0.25) is 0 Å². The summed E-state index contributed by atoms with van der Waals surface area (Å²) in [5.74, 6) is 1.96. The molecule has 0 fully saturated rings. The maximum atomic E-state index is 5.12. The van der Waals surface area contributed by atoms with Crippen molar-refractivity contribution < 1.29 is 0 Å². The molecule has 49 heavy (non-hydrogen) atoms. The number of hydrogen-bond acceptors (Lipinski definition) is 3. The van der Waals surface area contributed by atoms with E-state index in [1.807, 2.05) is 36.4 Å². The molecule has 7 aromatic carbocycles. The fourth-order valence-electron chi connectivity index (χ4n) is 7.96. The molecule has 1 heterocycles. The van der Waals surface area contributed by atoms with Crippen molar-refractivity contribution in [2.75, 3.05) is 0 Å². The molecule has 8 aromatic rings. The molecular formula is C46H29N3. The predicted molar refractivity (Wildman–Crippen MR) is 200 cm³/mol. The van der Waals surface area contributed by atoms with E-state index in [-0.39, 0.29) is 0 Å². The van der Waals surface area contributed by atoms with E-state index in [0.29, 0.717) is 17.5 Å². The Balaban J connectivity index is 1.29. The average molecular weight is 624 g/mol. The molecule has 1 atom stereocenters. The van der Waals surface area contributed by atoms with Crippen LogP contribution in [-0.2, 0) is 5.41 Å². The van der Waals surface area contributed by atoms with Crippen molar-refractivity contribution in [2.24, 2.45) is 0 Å². The summed E-state index contributed by atoms with van der Waals surface area (Å²) < 4.78 is 0. The number of fused-ring (bicyclic) bond motifs is 10. The molecule has 1 aromatic heterocycles. The van der Waals surface area contributed by atoms with E-state index in [4.69, 9.17) is 15.0 Å². The number of hydrogen-bond donors (Lipinski definition) is 0. The van der Waals surface area contributed by atoms with Crippen LogP contribution in [0, 0.1) is 0 Å². The molecule has 1 spiro atoms. The molecule has 2 aliphatic carbocycles. The van der Waals surface area contributed by atoms with Crippen LogP contribution in [0.15, 0.2) is 164 Å². The maximum Gasteiger partial charge on any atom is 0.164 e. The van der Waals surface area contributed by atoms with Gasteiger partial charge in [-0.2, -0.15) is 0 Å². The first-order valence-corrected chi connectivity index (χ1v) is 16.7. The Morgan fingerprint density at radius 2 is 0.857 bits per heavy atom. The molecule has 10 rings (SSSR count). The smallest absolute Gasteiger partial charge is 0.164 e. The molecule has 2 aliphatic rings. The third-order valence-corrected chi connectivity index (χ3v) is 10.1. The number of nitrogens with zero attached hydrogens (tertiary/aromatic N) is 3. The van der Waals surface area contributed by atoms with Gasteiger partial charge >= 0.3 is 0 Å². The molecule has 0 saturated carbocycles. The van der Waals surface area contributed by atoms with Gasteiger partial charge in [0.15, 0.2) is 17.5 Å². The van der Waals surface area contributed by atoms with Crippen molar-refractivity contribution in [2.45, 2.75) is 5.41 Å². The molecule has 1 unspecified atom stereocenters. The molecule has 3 nitrogen and oxygen atoms in total. The van der Waals surface area contributed by atoms with E-state index < -0.39 is 5.41 Å². The quantitative estimate of drug-likeness (QED) is 0.197. The third kappa shape index (κ3) is 4.19. The lowest BCUT2D eigenvalue weighted by atomic mass is 9.65. The molecule has 228 valence electrons. The van der Waals surface area contributed by atoms with Crippen LogP contribution in [0.25, 0.3) is 68.2 Å². The van der Waals surface area contributed by atoms with E-state index in [1.165, 1.54) is 55.3 Å². The van der Waals surface area contributed by atoms with Gasteiger partial charge in [0, 0.05) is 16.7 Å². The monoisotopic (exact) mass is 623 g/mol. The maximum absolute atomic E-state index is 5.12. The molecule has 0 saturated heterocycles. The Kier molecular flexibility index (Phi) is 6.09. The van der Waals surface area contributed by atoms with Gasteiger partial charge in [0.05, 0.1) is 5.41 Å². The summed E-state index contributed by atoms with van der Waals surface area (Å²) in [6.07, 6.45) is 4.54. The van der Waals surface area contributed by atoms with Crippen molar-refractivity contribution >= 4 is 22.9 Å². The zero-order chi connectivity index (χ0) is 32.4. The molecule has 0 radical (unpaired) electrons. The Hall–Kier alpha value is -6.45. The molecule has 0 amide bonds. The summed E-state index contributed by atoms with van der Waals surface area (Å²) in [4.78, 5) is 15.2. The largest absolute Gasteiger partial charge is 0.208 e. The second kappa shape index (κ2) is 10.8. The highest BCUT2D eigenvalue weighted by Gasteiger charge is 2.48. The lowest BCUT2D eigenvalue weighted by Crippen LogP contribution is -2.30. The zero-order valence-corrected chi connectivity index (χ0v) is 26.6. The number of benzene rings is 7. The van der Waals surface area contributed by atoms with Gasteiger partial charge in [0.25, 0.3) is 0 Å². The van der Waals surface area contributed by atoms with E-state index >= 15 is 0 Å². The van der Waals surface area contributed by atoms with Gasteiger partial charge in [-0.15, -0.1) is 0 Å². The van der Waals surface area contributed by atoms with E-state index in [0.717, 1.165) is 16.7 Å². The second-order valence-electron chi connectivity index (χ2n) is 12.8. The Labute approximate surface area is 285 Å². The highest BCUT2D eigenvalue weighted by atomic mass is 15.0. The topological polar surface area (TPSA) is 38.7 Å². The van der Waals surface area contributed by atoms with Crippen LogP contribution in [0.2, 0.25) is 0 Å². The zero-order valence-electron chi connectivity index (χ0n) is 26.6. The summed E-state index contributed by atoms with van der Waals surface area (Å²) in [6.45, 7) is 0. The van der Waals surface area contributed by atoms with Crippen LogP contribution < -0.4 is 0 Å². The first-order chi connectivity index (χ1) is 24.3. The highest BCUT2D eigenvalue weighted by Crippen LogP contribution is 2.59. The fraction of sp³-hybridized carbons (Fsp3) is 0.0217. The third-order valence-electron chi connectivity index (χ3n) is 10.1. The molecule has 3 heteroatoms. The van der Waals surface area contributed by atoms with Crippen LogP contribution >= 0.6 is 0 Å². The van der Waals surface area contributed by atoms with Crippen molar-refractivity contribution in [1.82, 2.24) is 15.0 Å². The standard InChI is InChI=1S/C46H29N3/c1-3-14-32(15-4-1)43-47-44(33-16-5-2-6-17-33)49-45(48-43)36-26-25-31-24-23-30-13-9-11-21-39(30)46(41(31)29-36)40-22-12-10-20-37(40)38-27-34-18-7-8-19-35(34)28-42(38)46/h1-29H. The average Bonchev–Trinajstić information content (AvgIpc) is 3.37.